The van der Waals surface area contributed by atoms with E-state index in [9.17, 15) is 4.79 Å². The first-order valence-electron chi connectivity index (χ1n) is 12.3. The Balaban J connectivity index is 1.34. The number of aromatic nitrogens is 5. The van der Waals surface area contributed by atoms with Crippen molar-refractivity contribution < 1.29 is 4.79 Å². The van der Waals surface area contributed by atoms with Gasteiger partial charge in [-0.3, -0.25) is 14.8 Å². The molecule has 0 saturated carbocycles. The smallest absolute Gasteiger partial charge is 0.255 e. The minimum Gasteiger partial charge on any atom is -0.354 e. The Kier molecular flexibility index (Phi) is 6.52. The molecule has 0 aliphatic carbocycles. The molecule has 0 atom stereocenters. The second-order valence-corrected chi connectivity index (χ2v) is 8.85. The predicted octanol–water partition coefficient (Wildman–Crippen LogP) is 3.89. The summed E-state index contributed by atoms with van der Waals surface area (Å²) in [5.41, 5.74) is 3.55. The van der Waals surface area contributed by atoms with E-state index < -0.39 is 0 Å². The normalized spacial score (nSPS) is 13.3. The fourth-order valence-corrected chi connectivity index (χ4v) is 4.37. The van der Waals surface area contributed by atoms with Crippen LogP contribution in [0, 0.1) is 0 Å². The number of amides is 1. The van der Waals surface area contributed by atoms with Crippen LogP contribution in [0.15, 0.2) is 85.6 Å². The van der Waals surface area contributed by atoms with E-state index in [2.05, 4.69) is 40.8 Å². The zero-order valence-electron chi connectivity index (χ0n) is 20.5. The summed E-state index contributed by atoms with van der Waals surface area (Å²) < 4.78 is 0. The molecule has 0 bridgehead atoms. The molecule has 10 heteroatoms. The van der Waals surface area contributed by atoms with E-state index in [0.717, 1.165) is 48.5 Å². The monoisotopic (exact) mass is 503 g/mol. The van der Waals surface area contributed by atoms with Crippen LogP contribution in [-0.4, -0.2) is 57.0 Å². The van der Waals surface area contributed by atoms with Crippen LogP contribution in [0.4, 0.5) is 23.1 Å². The van der Waals surface area contributed by atoms with Gasteiger partial charge in [-0.1, -0.05) is 6.07 Å². The van der Waals surface area contributed by atoms with E-state index in [-0.39, 0.29) is 5.91 Å². The first-order valence-corrected chi connectivity index (χ1v) is 12.3. The highest BCUT2D eigenvalue weighted by Crippen LogP contribution is 2.28. The van der Waals surface area contributed by atoms with Crippen LogP contribution < -0.4 is 20.9 Å². The Bertz CT molecular complexity index is 1590. The lowest BCUT2D eigenvalue weighted by molar-refractivity contribution is 0.102. The van der Waals surface area contributed by atoms with Crippen molar-refractivity contribution in [2.24, 2.45) is 0 Å². The molecular formula is C28H25N9O. The number of benzene rings is 1. The standard InChI is InChI=1S/C28H25N9O/c38-28(21-3-4-23-19(14-21)2-1-6-31-23)34-22-16-24(35-25(17-22)36-26-18-30-8-9-32-26)20-5-7-33-27(15-20)37-12-10-29-11-13-37/h1-9,14-18,29H,10-13H2,(H2,32,34,35,36,38). The molecule has 1 saturated heterocycles. The second-order valence-electron chi connectivity index (χ2n) is 8.85. The SMILES string of the molecule is O=C(Nc1cc(Nc2cnccn2)nc(-c2ccnc(N3CCNCC3)c2)c1)c1ccc2ncccc2c1. The summed E-state index contributed by atoms with van der Waals surface area (Å²) in [4.78, 5) is 37.6. The van der Waals surface area contributed by atoms with Crippen molar-refractivity contribution in [1.29, 1.82) is 0 Å². The molecule has 5 heterocycles. The molecule has 1 aromatic carbocycles. The number of anilines is 4. The molecule has 6 rings (SSSR count). The zero-order valence-corrected chi connectivity index (χ0v) is 20.5. The van der Waals surface area contributed by atoms with Gasteiger partial charge < -0.3 is 20.9 Å². The van der Waals surface area contributed by atoms with E-state index in [1.54, 1.807) is 43.1 Å². The van der Waals surface area contributed by atoms with Crippen molar-refractivity contribution >= 4 is 40.0 Å². The third-order valence-electron chi connectivity index (χ3n) is 6.25. The van der Waals surface area contributed by atoms with E-state index in [4.69, 9.17) is 4.98 Å². The van der Waals surface area contributed by atoms with Crippen LogP contribution in [0.25, 0.3) is 22.2 Å². The number of rotatable bonds is 6. The van der Waals surface area contributed by atoms with Crippen LogP contribution in [0.3, 0.4) is 0 Å². The van der Waals surface area contributed by atoms with Crippen molar-refractivity contribution in [1.82, 2.24) is 30.2 Å². The first kappa shape index (κ1) is 23.4. The summed E-state index contributed by atoms with van der Waals surface area (Å²) in [5.74, 6) is 1.75. The molecule has 1 aliphatic rings. The molecule has 4 aromatic heterocycles. The first-order chi connectivity index (χ1) is 18.7. The summed E-state index contributed by atoms with van der Waals surface area (Å²) >= 11 is 0. The molecule has 1 aliphatic heterocycles. The Labute approximate surface area is 219 Å². The summed E-state index contributed by atoms with van der Waals surface area (Å²) in [6, 6.07) is 16.8. The van der Waals surface area contributed by atoms with Gasteiger partial charge in [-0.2, -0.15) is 0 Å². The number of nitrogens with one attached hydrogen (secondary N) is 3. The highest BCUT2D eigenvalue weighted by atomic mass is 16.1. The minimum atomic E-state index is -0.227. The maximum atomic E-state index is 13.2. The Hall–Kier alpha value is -4.96. The third-order valence-corrected chi connectivity index (χ3v) is 6.25. The number of hydrogen-bond donors (Lipinski definition) is 3. The molecule has 0 spiro atoms. The summed E-state index contributed by atoms with van der Waals surface area (Å²) in [6.45, 7) is 3.62. The van der Waals surface area contributed by atoms with Gasteiger partial charge in [0, 0.05) is 79.2 Å². The summed E-state index contributed by atoms with van der Waals surface area (Å²) in [6.07, 6.45) is 8.35. The number of fused-ring (bicyclic) bond motifs is 1. The molecule has 188 valence electrons. The van der Waals surface area contributed by atoms with Crippen molar-refractivity contribution in [3.8, 4) is 11.3 Å². The van der Waals surface area contributed by atoms with Gasteiger partial charge in [-0.25, -0.2) is 15.0 Å². The molecule has 5 aromatic rings. The number of piperazine rings is 1. The maximum Gasteiger partial charge on any atom is 0.255 e. The van der Waals surface area contributed by atoms with Crippen LogP contribution in [0.1, 0.15) is 10.4 Å². The zero-order chi connectivity index (χ0) is 25.7. The molecule has 1 amide bonds. The number of pyridine rings is 3. The van der Waals surface area contributed by atoms with Gasteiger partial charge in [0.15, 0.2) is 0 Å². The van der Waals surface area contributed by atoms with Gasteiger partial charge in [0.1, 0.15) is 17.5 Å². The van der Waals surface area contributed by atoms with E-state index >= 15 is 0 Å². The van der Waals surface area contributed by atoms with E-state index in [0.29, 0.717) is 28.6 Å². The number of hydrogen-bond acceptors (Lipinski definition) is 9. The van der Waals surface area contributed by atoms with Crippen molar-refractivity contribution in [3.05, 3.63) is 91.1 Å². The quantitative estimate of drug-likeness (QED) is 0.317. The Morgan fingerprint density at radius 1 is 0.868 bits per heavy atom. The lowest BCUT2D eigenvalue weighted by Gasteiger charge is -2.28. The lowest BCUT2D eigenvalue weighted by atomic mass is 10.1. The summed E-state index contributed by atoms with van der Waals surface area (Å²) in [5, 5.41) is 10.5. The predicted molar refractivity (Wildman–Crippen MR) is 148 cm³/mol. The molecule has 10 nitrogen and oxygen atoms in total. The second kappa shape index (κ2) is 10.6. The topological polar surface area (TPSA) is 121 Å². The highest BCUT2D eigenvalue weighted by molar-refractivity contribution is 6.06. The lowest BCUT2D eigenvalue weighted by Crippen LogP contribution is -2.43. The van der Waals surface area contributed by atoms with Gasteiger partial charge in [-0.05, 0) is 42.5 Å². The van der Waals surface area contributed by atoms with Gasteiger partial charge in [-0.15, -0.1) is 0 Å². The molecule has 0 unspecified atom stereocenters. The number of carbonyl (C=O) groups excluding carboxylic acids is 1. The average molecular weight is 504 g/mol. The molecule has 38 heavy (non-hydrogen) atoms. The average Bonchev–Trinajstić information content (AvgIpc) is 2.98. The van der Waals surface area contributed by atoms with Crippen molar-refractivity contribution in [2.45, 2.75) is 0 Å². The molecular weight excluding hydrogens is 478 g/mol. The fraction of sp³-hybridized carbons (Fsp3) is 0.143. The van der Waals surface area contributed by atoms with E-state index in [1.165, 1.54) is 0 Å². The van der Waals surface area contributed by atoms with Gasteiger partial charge in [0.25, 0.3) is 5.91 Å². The largest absolute Gasteiger partial charge is 0.354 e. The Morgan fingerprint density at radius 2 is 1.79 bits per heavy atom. The van der Waals surface area contributed by atoms with Gasteiger partial charge in [0.05, 0.1) is 17.4 Å². The van der Waals surface area contributed by atoms with Crippen LogP contribution in [0.5, 0.6) is 0 Å². The summed E-state index contributed by atoms with van der Waals surface area (Å²) in [7, 11) is 0. The molecule has 3 N–H and O–H groups in total. The third kappa shape index (κ3) is 5.25. The van der Waals surface area contributed by atoms with Crippen LogP contribution >= 0.6 is 0 Å². The Morgan fingerprint density at radius 3 is 2.66 bits per heavy atom. The van der Waals surface area contributed by atoms with Crippen LogP contribution in [-0.2, 0) is 0 Å². The van der Waals surface area contributed by atoms with Gasteiger partial charge in [0.2, 0.25) is 0 Å². The van der Waals surface area contributed by atoms with Gasteiger partial charge >= 0.3 is 0 Å². The van der Waals surface area contributed by atoms with E-state index in [1.807, 2.05) is 42.5 Å². The number of nitrogens with zero attached hydrogens (tertiary/aromatic N) is 6. The fourth-order valence-electron chi connectivity index (χ4n) is 4.37. The highest BCUT2D eigenvalue weighted by Gasteiger charge is 2.15. The molecule has 1 fully saturated rings. The maximum absolute atomic E-state index is 13.2. The number of carbonyl (C=O) groups is 1. The van der Waals surface area contributed by atoms with Crippen LogP contribution in [0.2, 0.25) is 0 Å². The minimum absolute atomic E-state index is 0.227. The van der Waals surface area contributed by atoms with Crippen molar-refractivity contribution in [2.75, 3.05) is 41.7 Å². The van der Waals surface area contributed by atoms with Crippen molar-refractivity contribution in [3.63, 3.8) is 0 Å². The molecule has 0 radical (unpaired) electrons.